The lowest BCUT2D eigenvalue weighted by atomic mass is 9.94. The predicted octanol–water partition coefficient (Wildman–Crippen LogP) is 4.18. The van der Waals surface area contributed by atoms with E-state index in [1.807, 2.05) is 38.1 Å². The summed E-state index contributed by atoms with van der Waals surface area (Å²) >= 11 is 3.43. The van der Waals surface area contributed by atoms with E-state index in [1.165, 1.54) is 4.90 Å². The van der Waals surface area contributed by atoms with Gasteiger partial charge in [-0.25, -0.2) is 9.69 Å². The summed E-state index contributed by atoms with van der Waals surface area (Å²) in [5.74, 6) is 0.574. The Bertz CT molecular complexity index is 817. The van der Waals surface area contributed by atoms with Crippen molar-refractivity contribution in [3.8, 4) is 6.07 Å². The minimum atomic E-state index is -0.695. The smallest absolute Gasteiger partial charge is 0.421 e. The molecule has 2 aromatic rings. The zero-order chi connectivity index (χ0) is 16.1. The summed E-state index contributed by atoms with van der Waals surface area (Å²) in [4.78, 5) is 14.1. The van der Waals surface area contributed by atoms with Crippen LogP contribution in [0.1, 0.15) is 25.1 Å². The first-order chi connectivity index (χ1) is 10.4. The van der Waals surface area contributed by atoms with Crippen LogP contribution in [0.2, 0.25) is 0 Å². The van der Waals surface area contributed by atoms with Crippen LogP contribution >= 0.6 is 15.9 Å². The molecule has 1 amide bonds. The second-order valence-corrected chi connectivity index (χ2v) is 6.46. The first kappa shape index (κ1) is 14.7. The van der Waals surface area contributed by atoms with Crippen molar-refractivity contribution in [2.45, 2.75) is 19.4 Å². The molecule has 6 heteroatoms. The van der Waals surface area contributed by atoms with Gasteiger partial charge in [-0.1, -0.05) is 18.2 Å². The first-order valence-electron chi connectivity index (χ1n) is 6.74. The number of ether oxygens (including phenoxy) is 1. The number of amides is 1. The average Bonchev–Trinajstić information content (AvgIpc) is 2.74. The van der Waals surface area contributed by atoms with Crippen molar-refractivity contribution >= 4 is 33.5 Å². The van der Waals surface area contributed by atoms with E-state index in [-0.39, 0.29) is 0 Å². The molecular formula is C16H14BrN3O2. The van der Waals surface area contributed by atoms with Gasteiger partial charge in [0.25, 0.3) is 0 Å². The highest BCUT2D eigenvalue weighted by atomic mass is 79.9. The molecule has 0 saturated carbocycles. The number of aromatic nitrogens is 1. The van der Waals surface area contributed by atoms with Crippen molar-refractivity contribution in [1.29, 1.82) is 5.26 Å². The second-order valence-electron chi connectivity index (χ2n) is 5.60. The normalized spacial score (nSPS) is 16.0. The van der Waals surface area contributed by atoms with Gasteiger partial charge in [0.1, 0.15) is 23.2 Å². The van der Waals surface area contributed by atoms with Gasteiger partial charge in [-0.15, -0.1) is 0 Å². The topological polar surface area (TPSA) is 58.3 Å². The third kappa shape index (κ3) is 2.01. The van der Waals surface area contributed by atoms with Crippen molar-refractivity contribution in [3.05, 3.63) is 46.1 Å². The summed E-state index contributed by atoms with van der Waals surface area (Å²) in [5.41, 5.74) is 1.44. The highest BCUT2D eigenvalue weighted by Crippen LogP contribution is 2.44. The number of nitrogens with zero attached hydrogens (tertiary/aromatic N) is 3. The minimum absolute atomic E-state index is 0.456. The maximum absolute atomic E-state index is 12.6. The number of para-hydroxylation sites is 1. The Morgan fingerprint density at radius 3 is 2.64 bits per heavy atom. The fraction of sp³-hybridized carbons (Fsp3) is 0.250. The maximum Gasteiger partial charge on any atom is 0.421 e. The monoisotopic (exact) mass is 359 g/mol. The van der Waals surface area contributed by atoms with Gasteiger partial charge < -0.3 is 9.30 Å². The van der Waals surface area contributed by atoms with Gasteiger partial charge in [0.2, 0.25) is 0 Å². The van der Waals surface area contributed by atoms with Gasteiger partial charge in [-0.05, 0) is 41.9 Å². The van der Waals surface area contributed by atoms with Crippen molar-refractivity contribution < 1.29 is 9.53 Å². The van der Waals surface area contributed by atoms with Crippen LogP contribution in [0.4, 0.5) is 16.3 Å². The summed E-state index contributed by atoms with van der Waals surface area (Å²) in [7, 11) is 1.74. The van der Waals surface area contributed by atoms with Gasteiger partial charge in [0.05, 0.1) is 10.2 Å². The highest BCUT2D eigenvalue weighted by Gasteiger charge is 2.40. The molecule has 0 N–H and O–H groups in total. The molecule has 3 rings (SSSR count). The van der Waals surface area contributed by atoms with Crippen LogP contribution in [0.15, 0.2) is 34.8 Å². The number of hydrogen-bond donors (Lipinski definition) is 0. The molecule has 1 aliphatic rings. The molecule has 1 aromatic heterocycles. The van der Waals surface area contributed by atoms with Gasteiger partial charge in [0.15, 0.2) is 0 Å². The summed E-state index contributed by atoms with van der Waals surface area (Å²) in [6.07, 6.45) is -0.463. The van der Waals surface area contributed by atoms with Crippen LogP contribution in [0.3, 0.4) is 0 Å². The SMILES string of the molecule is Cn1c(C#N)cc(Br)c1N1C(=O)OC(C)(C)c2ccccc21. The first-order valence-corrected chi connectivity index (χ1v) is 7.54. The molecule has 22 heavy (non-hydrogen) atoms. The number of carbonyl (C=O) groups is 1. The molecule has 0 unspecified atom stereocenters. The molecule has 0 spiro atoms. The third-order valence-electron chi connectivity index (χ3n) is 3.80. The Morgan fingerprint density at radius 2 is 2.00 bits per heavy atom. The lowest BCUT2D eigenvalue weighted by molar-refractivity contribution is 0.0371. The van der Waals surface area contributed by atoms with Crippen LogP contribution in [0.25, 0.3) is 0 Å². The van der Waals surface area contributed by atoms with E-state index < -0.39 is 11.7 Å². The molecule has 1 aliphatic heterocycles. The molecule has 2 heterocycles. The van der Waals surface area contributed by atoms with Crippen LogP contribution < -0.4 is 4.90 Å². The molecule has 0 saturated heterocycles. The molecule has 0 fully saturated rings. The van der Waals surface area contributed by atoms with Crippen LogP contribution in [0.5, 0.6) is 0 Å². The van der Waals surface area contributed by atoms with Crippen molar-refractivity contribution in [3.63, 3.8) is 0 Å². The van der Waals surface area contributed by atoms with Crippen molar-refractivity contribution in [1.82, 2.24) is 4.57 Å². The van der Waals surface area contributed by atoms with Crippen LogP contribution in [-0.2, 0) is 17.4 Å². The number of fused-ring (bicyclic) bond motifs is 1. The minimum Gasteiger partial charge on any atom is -0.438 e. The average molecular weight is 360 g/mol. The number of carbonyl (C=O) groups excluding carboxylic acids is 1. The number of nitriles is 1. The van der Waals surface area contributed by atoms with E-state index in [1.54, 1.807) is 17.7 Å². The summed E-state index contributed by atoms with van der Waals surface area (Å²) in [6, 6.07) is 11.4. The number of anilines is 2. The van der Waals surface area contributed by atoms with E-state index in [9.17, 15) is 10.1 Å². The second kappa shape index (κ2) is 4.89. The Morgan fingerprint density at radius 1 is 1.32 bits per heavy atom. The lowest BCUT2D eigenvalue weighted by Crippen LogP contribution is -2.41. The highest BCUT2D eigenvalue weighted by molar-refractivity contribution is 9.10. The van der Waals surface area contributed by atoms with E-state index in [4.69, 9.17) is 4.74 Å². The Hall–Kier alpha value is -2.26. The molecule has 1 aromatic carbocycles. The predicted molar refractivity (Wildman–Crippen MR) is 85.9 cm³/mol. The zero-order valence-electron chi connectivity index (χ0n) is 12.4. The number of halogens is 1. The Labute approximate surface area is 136 Å². The Balaban J connectivity index is 2.27. The van der Waals surface area contributed by atoms with Crippen LogP contribution in [0, 0.1) is 11.3 Å². The van der Waals surface area contributed by atoms with Crippen molar-refractivity contribution in [2.24, 2.45) is 7.05 Å². The van der Waals surface area contributed by atoms with Gasteiger partial charge in [-0.3, -0.25) is 0 Å². The molecule has 0 atom stereocenters. The summed E-state index contributed by atoms with van der Waals surface area (Å²) in [5, 5.41) is 9.17. The number of rotatable bonds is 1. The van der Waals surface area contributed by atoms with Crippen LogP contribution in [-0.4, -0.2) is 10.7 Å². The van der Waals surface area contributed by atoms with E-state index in [2.05, 4.69) is 22.0 Å². The zero-order valence-corrected chi connectivity index (χ0v) is 14.0. The van der Waals surface area contributed by atoms with Gasteiger partial charge in [-0.2, -0.15) is 5.26 Å². The molecule has 0 aliphatic carbocycles. The van der Waals surface area contributed by atoms with Gasteiger partial charge in [0, 0.05) is 12.6 Å². The summed E-state index contributed by atoms with van der Waals surface area (Å²) < 4.78 is 7.92. The largest absolute Gasteiger partial charge is 0.438 e. The Kier molecular flexibility index (Phi) is 3.26. The molecule has 5 nitrogen and oxygen atoms in total. The lowest BCUT2D eigenvalue weighted by Gasteiger charge is -2.38. The fourth-order valence-corrected chi connectivity index (χ4v) is 3.38. The fourth-order valence-electron chi connectivity index (χ4n) is 2.72. The molecule has 0 bridgehead atoms. The standard InChI is InChI=1S/C16H14BrN3O2/c1-16(2)11-6-4-5-7-13(11)20(15(21)22-16)14-12(17)8-10(9-18)19(14)3/h4-8H,1-3H3. The summed E-state index contributed by atoms with van der Waals surface area (Å²) in [6.45, 7) is 3.73. The van der Waals surface area contributed by atoms with Gasteiger partial charge >= 0.3 is 6.09 Å². The number of hydrogen-bond acceptors (Lipinski definition) is 3. The van der Waals surface area contributed by atoms with Crippen molar-refractivity contribution in [2.75, 3.05) is 4.90 Å². The molecule has 0 radical (unpaired) electrons. The number of benzene rings is 1. The van der Waals surface area contributed by atoms with E-state index in [0.717, 1.165) is 11.3 Å². The van der Waals surface area contributed by atoms with E-state index in [0.29, 0.717) is 16.0 Å². The quantitative estimate of drug-likeness (QED) is 0.767. The number of cyclic esters (lactones) is 1. The third-order valence-corrected chi connectivity index (χ3v) is 4.38. The maximum atomic E-state index is 12.6. The van der Waals surface area contributed by atoms with E-state index >= 15 is 0 Å². The molecule has 112 valence electrons. The molecular weight excluding hydrogens is 346 g/mol.